The number of hydrogen-bond donors (Lipinski definition) is 4. The molecule has 1 fully saturated rings. The molecule has 1 aliphatic carbocycles. The van der Waals surface area contributed by atoms with Crippen molar-refractivity contribution in [3.8, 4) is 0 Å². The molecule has 0 radical (unpaired) electrons. The number of alkyl halides is 3. The zero-order valence-corrected chi connectivity index (χ0v) is 26.2. The first-order chi connectivity index (χ1) is 21.2. The van der Waals surface area contributed by atoms with Gasteiger partial charge in [-0.05, 0) is 48.6 Å². The Balaban J connectivity index is 1.93. The van der Waals surface area contributed by atoms with Crippen LogP contribution < -0.4 is 16.4 Å². The van der Waals surface area contributed by atoms with Crippen LogP contribution in [0.4, 0.5) is 23.7 Å². The van der Waals surface area contributed by atoms with Crippen molar-refractivity contribution >= 4 is 46.6 Å². The maximum Gasteiger partial charge on any atom is 0.390 e. The Bertz CT molecular complexity index is 1490. The van der Waals surface area contributed by atoms with Gasteiger partial charge in [0.1, 0.15) is 11.4 Å². The molecule has 0 bridgehead atoms. The summed E-state index contributed by atoms with van der Waals surface area (Å²) in [5, 5.41) is 14.3. The molecule has 2 aromatic rings. The van der Waals surface area contributed by atoms with Crippen molar-refractivity contribution in [2.45, 2.75) is 71.0 Å². The van der Waals surface area contributed by atoms with Crippen molar-refractivity contribution < 1.29 is 27.6 Å². The number of carbonyl (C=O) groups excluding carboxylic acids is 3. The number of Topliss-reactive ketones (excluding diaryl/α,β-unsaturated/α-hetero) is 1. The number of ketones is 1. The first kappa shape index (κ1) is 35.3. The van der Waals surface area contributed by atoms with E-state index < -0.39 is 30.7 Å². The van der Waals surface area contributed by atoms with Crippen molar-refractivity contribution in [2.75, 3.05) is 13.1 Å². The minimum absolute atomic E-state index is 0.0336. The number of benzene rings is 2. The fourth-order valence-corrected chi connectivity index (χ4v) is 5.37. The molecule has 0 heterocycles. The maximum atomic E-state index is 13.2. The highest BCUT2D eigenvalue weighted by molar-refractivity contribution is 6.30. The molecule has 242 valence electrons. The van der Waals surface area contributed by atoms with Crippen molar-refractivity contribution in [1.29, 1.82) is 5.41 Å². The summed E-state index contributed by atoms with van der Waals surface area (Å²) in [6.07, 6.45) is -4.45. The summed E-state index contributed by atoms with van der Waals surface area (Å²) < 4.78 is 39.4. The number of halogens is 4. The summed E-state index contributed by atoms with van der Waals surface area (Å²) in [5.41, 5.74) is 8.12. The zero-order valence-electron chi connectivity index (χ0n) is 25.5. The average Bonchev–Trinajstić information content (AvgIpc) is 2.98. The van der Waals surface area contributed by atoms with E-state index >= 15 is 0 Å². The molecule has 0 aromatic heterocycles. The summed E-state index contributed by atoms with van der Waals surface area (Å²) >= 11 is 6.16. The van der Waals surface area contributed by atoms with E-state index in [4.69, 9.17) is 27.7 Å². The number of amides is 3. The summed E-state index contributed by atoms with van der Waals surface area (Å²) in [4.78, 5) is 43.9. The molecule has 1 atom stereocenters. The summed E-state index contributed by atoms with van der Waals surface area (Å²) in [5.74, 6) is -0.935. The van der Waals surface area contributed by atoms with Gasteiger partial charge in [-0.1, -0.05) is 55.8 Å². The second kappa shape index (κ2) is 15.2. The molecule has 1 saturated carbocycles. The van der Waals surface area contributed by atoms with Gasteiger partial charge in [-0.2, -0.15) is 13.2 Å². The Hall–Kier alpha value is -4.19. The highest BCUT2D eigenvalue weighted by atomic mass is 35.5. The second-order valence-electron chi connectivity index (χ2n) is 10.8. The van der Waals surface area contributed by atoms with Gasteiger partial charge in [0.15, 0.2) is 5.78 Å². The number of aryl methyl sites for hydroxylation is 1. The van der Waals surface area contributed by atoms with E-state index in [9.17, 15) is 27.6 Å². The second-order valence-corrected chi connectivity index (χ2v) is 11.3. The fraction of sp³-hybridized carbons (Fsp3) is 0.406. The minimum atomic E-state index is -4.55. The lowest BCUT2D eigenvalue weighted by molar-refractivity contribution is -0.135. The van der Waals surface area contributed by atoms with Crippen LogP contribution in [0.15, 0.2) is 64.8 Å². The van der Waals surface area contributed by atoms with Gasteiger partial charge in [-0.25, -0.2) is 4.79 Å². The smallest absolute Gasteiger partial charge is 0.390 e. The Morgan fingerprint density at radius 1 is 1.13 bits per heavy atom. The van der Waals surface area contributed by atoms with Gasteiger partial charge in [0, 0.05) is 48.3 Å². The monoisotopic (exact) mass is 646 g/mol. The van der Waals surface area contributed by atoms with Gasteiger partial charge in [0.25, 0.3) is 0 Å². The van der Waals surface area contributed by atoms with Gasteiger partial charge in [0.05, 0.1) is 18.7 Å². The van der Waals surface area contributed by atoms with Crippen molar-refractivity contribution in [3.63, 3.8) is 0 Å². The lowest BCUT2D eigenvalue weighted by atomic mass is 9.74. The van der Waals surface area contributed by atoms with Crippen molar-refractivity contribution in [3.05, 3.63) is 76.0 Å². The van der Waals surface area contributed by atoms with E-state index in [0.717, 1.165) is 16.9 Å². The molecule has 9 nitrogen and oxygen atoms in total. The molecule has 0 aliphatic heterocycles. The van der Waals surface area contributed by atoms with E-state index in [1.165, 1.54) is 6.92 Å². The van der Waals surface area contributed by atoms with E-state index in [0.29, 0.717) is 22.0 Å². The third-order valence-electron chi connectivity index (χ3n) is 7.55. The van der Waals surface area contributed by atoms with Crippen molar-refractivity contribution in [2.24, 2.45) is 10.7 Å². The number of nitrogens with one attached hydrogen (secondary N) is 3. The molecule has 1 unspecified atom stereocenters. The molecular weight excluding hydrogens is 609 g/mol. The summed E-state index contributed by atoms with van der Waals surface area (Å²) in [7, 11) is 0. The van der Waals surface area contributed by atoms with Crippen LogP contribution in [-0.2, 0) is 16.0 Å². The molecule has 45 heavy (non-hydrogen) atoms. The summed E-state index contributed by atoms with van der Waals surface area (Å²) in [6.45, 7) is 3.95. The summed E-state index contributed by atoms with van der Waals surface area (Å²) in [6, 6.07) is 12.5. The average molecular weight is 647 g/mol. The largest absolute Gasteiger partial charge is 0.400 e. The normalized spacial score (nSPS) is 18.7. The molecule has 13 heteroatoms. The molecule has 0 saturated heterocycles. The molecule has 2 aromatic carbocycles. The number of urea groups is 1. The van der Waals surface area contributed by atoms with Crippen LogP contribution in [0.25, 0.3) is 0 Å². The number of allylic oxidation sites excluding steroid dienone is 1. The van der Waals surface area contributed by atoms with Gasteiger partial charge in [-0.3, -0.25) is 24.9 Å². The fourth-order valence-electron chi connectivity index (χ4n) is 5.19. The van der Waals surface area contributed by atoms with E-state index in [-0.39, 0.29) is 61.0 Å². The van der Waals surface area contributed by atoms with E-state index in [1.54, 1.807) is 55.5 Å². The van der Waals surface area contributed by atoms with Crippen LogP contribution in [0.5, 0.6) is 0 Å². The van der Waals surface area contributed by atoms with Crippen LogP contribution >= 0.6 is 11.6 Å². The van der Waals surface area contributed by atoms with Gasteiger partial charge < -0.3 is 16.4 Å². The maximum absolute atomic E-state index is 13.2. The van der Waals surface area contributed by atoms with Crippen LogP contribution in [0.3, 0.4) is 0 Å². The van der Waals surface area contributed by atoms with Gasteiger partial charge in [0.2, 0.25) is 5.91 Å². The molecule has 3 amide bonds. The number of nitrogens with two attached hydrogens (primary N) is 1. The molecular formula is C32H38ClF3N6O3. The molecule has 0 spiro atoms. The molecule has 5 N–H and O–H groups in total. The number of hydrogen-bond acceptors (Lipinski definition) is 6. The first-order valence-corrected chi connectivity index (χ1v) is 15.0. The SMILES string of the molecule is CCC(=O)C1(NC(C)=O)CC/C(=C(/N)CNC(=O)N(CCC(F)(F)F)C(=N)c2ccc(CC)cc2)C(=Nc2cccc(Cl)c2)C1. The topological polar surface area (TPSA) is 141 Å². The highest BCUT2D eigenvalue weighted by Crippen LogP contribution is 2.34. The van der Waals surface area contributed by atoms with E-state index in [1.807, 2.05) is 6.92 Å². The quantitative estimate of drug-likeness (QED) is 0.180. The van der Waals surface area contributed by atoms with Crippen molar-refractivity contribution in [1.82, 2.24) is 15.5 Å². The highest BCUT2D eigenvalue weighted by Gasteiger charge is 2.43. The predicted molar refractivity (Wildman–Crippen MR) is 169 cm³/mol. The Kier molecular flexibility index (Phi) is 11.9. The number of nitrogens with zero attached hydrogens (tertiary/aromatic N) is 2. The van der Waals surface area contributed by atoms with Crippen LogP contribution in [0.1, 0.15) is 64.0 Å². The van der Waals surface area contributed by atoms with Gasteiger partial charge >= 0.3 is 12.2 Å². The first-order valence-electron chi connectivity index (χ1n) is 14.6. The van der Waals surface area contributed by atoms with Crippen LogP contribution in [0.2, 0.25) is 5.02 Å². The number of amidine groups is 1. The zero-order chi connectivity index (χ0) is 33.4. The Morgan fingerprint density at radius 3 is 2.40 bits per heavy atom. The Morgan fingerprint density at radius 2 is 1.82 bits per heavy atom. The minimum Gasteiger partial charge on any atom is -0.400 e. The Labute approximate surface area is 265 Å². The van der Waals surface area contributed by atoms with Crippen LogP contribution in [0, 0.1) is 5.41 Å². The van der Waals surface area contributed by atoms with Crippen LogP contribution in [-0.4, -0.2) is 59.0 Å². The predicted octanol–water partition coefficient (Wildman–Crippen LogP) is 6.22. The van der Waals surface area contributed by atoms with Gasteiger partial charge in [-0.15, -0.1) is 0 Å². The standard InChI is InChI=1S/C32H38ClF3N6O3/c1-4-21-9-11-22(12-10-21)29(38)42(16-15-32(34,35)36)30(45)39-19-26(37)25-13-14-31(28(44)5-2,41-20(3)43)18-27(25)40-24-8-6-7-23(33)17-24/h6-12,17,38H,4-5,13-16,18-19,37H2,1-3H3,(H,39,45)(H,41,43)/b26-25-,38-29?,40-27?. The lowest BCUT2D eigenvalue weighted by Gasteiger charge is -2.38. The third-order valence-corrected chi connectivity index (χ3v) is 7.78. The number of aliphatic imine (C=N–C) groups is 1. The molecule has 1 aliphatic rings. The number of rotatable bonds is 10. The lowest BCUT2D eigenvalue weighted by Crippen LogP contribution is -2.57. The van der Waals surface area contributed by atoms with E-state index in [2.05, 4.69) is 10.6 Å². The molecule has 3 rings (SSSR count). The third kappa shape index (κ3) is 9.65. The number of carbonyl (C=O) groups is 3.